The molecule has 0 saturated carbocycles. The van der Waals surface area contributed by atoms with Gasteiger partial charge < -0.3 is 15.2 Å². The topological polar surface area (TPSA) is 48.1 Å². The molecule has 1 aromatic heterocycles. The minimum Gasteiger partial charge on any atom is -0.340 e. The van der Waals surface area contributed by atoms with Crippen molar-refractivity contribution in [1.82, 2.24) is 15.2 Å². The lowest BCUT2D eigenvalue weighted by atomic mass is 9.94. The molecule has 3 heterocycles. The van der Waals surface area contributed by atoms with Crippen LogP contribution in [0.3, 0.4) is 0 Å². The quantitative estimate of drug-likeness (QED) is 0.832. The van der Waals surface area contributed by atoms with Crippen molar-refractivity contribution in [2.45, 2.75) is 18.9 Å². The molecule has 2 aliphatic rings. The summed E-state index contributed by atoms with van der Waals surface area (Å²) in [4.78, 5) is 17.0. The molecule has 4 nitrogen and oxygen atoms in total. The van der Waals surface area contributed by atoms with Crippen LogP contribution in [0.4, 0.5) is 0 Å². The van der Waals surface area contributed by atoms with Crippen LogP contribution in [-0.4, -0.2) is 41.5 Å². The molecule has 0 radical (unpaired) electrons. The zero-order chi connectivity index (χ0) is 12.7. The van der Waals surface area contributed by atoms with Crippen LogP contribution in [0.2, 0.25) is 10.2 Å². The number of halogens is 2. The number of carbonyl (C=O) groups is 1. The third-order valence-corrected chi connectivity index (χ3v) is 4.53. The molecule has 2 saturated heterocycles. The first-order valence-corrected chi connectivity index (χ1v) is 6.97. The predicted octanol–water partition coefficient (Wildman–Crippen LogP) is 2.15. The Morgan fingerprint density at radius 1 is 1.39 bits per heavy atom. The lowest BCUT2D eigenvalue weighted by molar-refractivity contribution is 0.0780. The fraction of sp³-hybridized carbons (Fsp3) is 0.583. The number of piperidine rings is 1. The van der Waals surface area contributed by atoms with Crippen LogP contribution in [0, 0.1) is 5.92 Å². The molecule has 0 aromatic carbocycles. The van der Waals surface area contributed by atoms with Gasteiger partial charge in [-0.25, -0.2) is 0 Å². The third kappa shape index (κ3) is 2.13. The molecule has 2 atom stereocenters. The van der Waals surface area contributed by atoms with Gasteiger partial charge in [0, 0.05) is 19.1 Å². The average Bonchev–Trinajstić information content (AvgIpc) is 2.93. The first kappa shape index (κ1) is 12.3. The normalized spacial score (nSPS) is 27.3. The van der Waals surface area contributed by atoms with Gasteiger partial charge in [-0.15, -0.1) is 0 Å². The standard InChI is InChI=1S/C12H15Cl2N3O/c13-8-4-9(16-11(8)14)12(18)17-5-7-2-1-3-15-10(7)6-17/h4,7,10,15-16H,1-3,5-6H2. The second-order valence-electron chi connectivity index (χ2n) is 5.02. The number of H-pyrrole nitrogens is 1. The van der Waals surface area contributed by atoms with Crippen molar-refractivity contribution in [3.63, 3.8) is 0 Å². The summed E-state index contributed by atoms with van der Waals surface area (Å²) in [7, 11) is 0. The highest BCUT2D eigenvalue weighted by Gasteiger charge is 2.37. The number of rotatable bonds is 1. The number of fused-ring (bicyclic) bond motifs is 1. The van der Waals surface area contributed by atoms with E-state index < -0.39 is 0 Å². The van der Waals surface area contributed by atoms with Gasteiger partial charge in [-0.2, -0.15) is 0 Å². The molecule has 6 heteroatoms. The first-order valence-electron chi connectivity index (χ1n) is 6.22. The number of hydrogen-bond donors (Lipinski definition) is 2. The molecule has 2 fully saturated rings. The molecule has 0 bridgehead atoms. The number of nitrogens with zero attached hydrogens (tertiary/aromatic N) is 1. The lowest BCUT2D eigenvalue weighted by Gasteiger charge is -2.24. The summed E-state index contributed by atoms with van der Waals surface area (Å²) in [5.41, 5.74) is 0.476. The van der Waals surface area contributed by atoms with Gasteiger partial charge in [-0.05, 0) is 31.4 Å². The number of aromatic amines is 1. The maximum atomic E-state index is 12.3. The minimum atomic E-state index is -0.0139. The van der Waals surface area contributed by atoms with Crippen molar-refractivity contribution in [3.8, 4) is 0 Å². The lowest BCUT2D eigenvalue weighted by Crippen LogP contribution is -2.41. The van der Waals surface area contributed by atoms with E-state index >= 15 is 0 Å². The predicted molar refractivity (Wildman–Crippen MR) is 71.2 cm³/mol. The monoisotopic (exact) mass is 287 g/mol. The average molecular weight is 288 g/mol. The summed E-state index contributed by atoms with van der Waals surface area (Å²) in [6, 6.07) is 2.05. The highest BCUT2D eigenvalue weighted by Crippen LogP contribution is 2.27. The number of nitrogens with one attached hydrogen (secondary N) is 2. The molecule has 0 aliphatic carbocycles. The summed E-state index contributed by atoms with van der Waals surface area (Å²) >= 11 is 11.7. The van der Waals surface area contributed by atoms with Gasteiger partial charge in [-0.3, -0.25) is 4.79 Å². The summed E-state index contributed by atoms with van der Waals surface area (Å²) in [6.45, 7) is 2.66. The zero-order valence-corrected chi connectivity index (χ0v) is 11.4. The van der Waals surface area contributed by atoms with Gasteiger partial charge in [0.15, 0.2) is 0 Å². The number of likely N-dealkylation sites (tertiary alicyclic amines) is 1. The molecule has 0 spiro atoms. The van der Waals surface area contributed by atoms with Crippen LogP contribution in [-0.2, 0) is 0 Å². The van der Waals surface area contributed by atoms with E-state index in [-0.39, 0.29) is 5.91 Å². The molecular formula is C12H15Cl2N3O. The fourth-order valence-corrected chi connectivity index (χ4v) is 3.21. The molecule has 98 valence electrons. The molecule has 2 unspecified atom stereocenters. The van der Waals surface area contributed by atoms with E-state index in [1.165, 1.54) is 12.8 Å². The number of carbonyl (C=O) groups excluding carboxylic acids is 1. The molecule has 18 heavy (non-hydrogen) atoms. The van der Waals surface area contributed by atoms with E-state index in [1.807, 2.05) is 4.90 Å². The molecule has 2 aliphatic heterocycles. The maximum absolute atomic E-state index is 12.3. The number of amides is 1. The van der Waals surface area contributed by atoms with Crippen LogP contribution in [0.15, 0.2) is 6.07 Å². The smallest absolute Gasteiger partial charge is 0.270 e. The minimum absolute atomic E-state index is 0.0139. The van der Waals surface area contributed by atoms with Crippen molar-refractivity contribution in [1.29, 1.82) is 0 Å². The van der Waals surface area contributed by atoms with Crippen molar-refractivity contribution in [2.24, 2.45) is 5.92 Å². The van der Waals surface area contributed by atoms with Crippen LogP contribution in [0.25, 0.3) is 0 Å². The van der Waals surface area contributed by atoms with Crippen LogP contribution in [0.5, 0.6) is 0 Å². The second kappa shape index (κ2) is 4.76. The summed E-state index contributed by atoms with van der Waals surface area (Å²) in [5.74, 6) is 0.573. The molecule has 2 N–H and O–H groups in total. The van der Waals surface area contributed by atoms with Crippen LogP contribution >= 0.6 is 23.2 Å². The summed E-state index contributed by atoms with van der Waals surface area (Å²) < 4.78 is 0. The van der Waals surface area contributed by atoms with Crippen molar-refractivity contribution in [2.75, 3.05) is 19.6 Å². The Balaban J connectivity index is 1.74. The molecule has 1 amide bonds. The fourth-order valence-electron chi connectivity index (χ4n) is 2.90. The van der Waals surface area contributed by atoms with Gasteiger partial charge >= 0.3 is 0 Å². The van der Waals surface area contributed by atoms with E-state index in [1.54, 1.807) is 6.07 Å². The van der Waals surface area contributed by atoms with Crippen LogP contribution < -0.4 is 5.32 Å². The van der Waals surface area contributed by atoms with Crippen LogP contribution in [0.1, 0.15) is 23.3 Å². The maximum Gasteiger partial charge on any atom is 0.270 e. The van der Waals surface area contributed by atoms with Gasteiger partial charge in [0.2, 0.25) is 0 Å². The Labute approximate surface area is 116 Å². The van der Waals surface area contributed by atoms with Gasteiger partial charge in [0.25, 0.3) is 5.91 Å². The van der Waals surface area contributed by atoms with Gasteiger partial charge in [0.05, 0.1) is 5.02 Å². The van der Waals surface area contributed by atoms with Gasteiger partial charge in [-0.1, -0.05) is 23.2 Å². The zero-order valence-electron chi connectivity index (χ0n) is 9.88. The van der Waals surface area contributed by atoms with E-state index in [2.05, 4.69) is 10.3 Å². The molecule has 3 rings (SSSR count). The largest absolute Gasteiger partial charge is 0.340 e. The highest BCUT2D eigenvalue weighted by molar-refractivity contribution is 6.41. The Morgan fingerprint density at radius 2 is 2.22 bits per heavy atom. The van der Waals surface area contributed by atoms with Gasteiger partial charge in [0.1, 0.15) is 10.8 Å². The number of hydrogen-bond acceptors (Lipinski definition) is 2. The first-order chi connectivity index (χ1) is 8.65. The Morgan fingerprint density at radius 3 is 2.89 bits per heavy atom. The van der Waals surface area contributed by atoms with Crippen molar-refractivity contribution >= 4 is 29.1 Å². The summed E-state index contributed by atoms with van der Waals surface area (Å²) in [5, 5.41) is 4.20. The second-order valence-corrected chi connectivity index (χ2v) is 5.80. The van der Waals surface area contributed by atoms with E-state index in [0.717, 1.165) is 19.6 Å². The van der Waals surface area contributed by atoms with Crippen molar-refractivity contribution < 1.29 is 4.79 Å². The number of aromatic nitrogens is 1. The molecular weight excluding hydrogens is 273 g/mol. The van der Waals surface area contributed by atoms with E-state index in [4.69, 9.17) is 23.2 Å². The SMILES string of the molecule is O=C(c1cc(Cl)c(Cl)[nH]1)N1CC2CCCNC2C1. The van der Waals surface area contributed by atoms with E-state index in [0.29, 0.717) is 27.8 Å². The Kier molecular flexibility index (Phi) is 3.26. The van der Waals surface area contributed by atoms with Crippen molar-refractivity contribution in [3.05, 3.63) is 21.9 Å². The Hall–Kier alpha value is -0.710. The third-order valence-electron chi connectivity index (χ3n) is 3.84. The molecule has 1 aromatic rings. The Bertz CT molecular complexity index is 440. The summed E-state index contributed by atoms with van der Waals surface area (Å²) in [6.07, 6.45) is 2.40. The highest BCUT2D eigenvalue weighted by atomic mass is 35.5. The van der Waals surface area contributed by atoms with E-state index in [9.17, 15) is 4.79 Å².